The van der Waals surface area contributed by atoms with Crippen LogP contribution in [0.25, 0.3) is 6.08 Å². The van der Waals surface area contributed by atoms with Crippen LogP contribution in [0.3, 0.4) is 0 Å². The van der Waals surface area contributed by atoms with Crippen LogP contribution in [0.1, 0.15) is 19.4 Å². The normalized spacial score (nSPS) is 11.1. The van der Waals surface area contributed by atoms with Gasteiger partial charge in [-0.2, -0.15) is 0 Å². The molecule has 0 atom stereocenters. The van der Waals surface area contributed by atoms with Crippen molar-refractivity contribution in [3.63, 3.8) is 0 Å². The standard InChI is InChI=1S/C13H14Cl2O2/c1-9(2)8-17-13(16)7-6-10-11(14)4-3-5-12(10)15/h3-7,9H,8H2,1-2H3/b7-6+. The van der Waals surface area contributed by atoms with Gasteiger partial charge in [0, 0.05) is 21.7 Å². The van der Waals surface area contributed by atoms with Gasteiger partial charge in [-0.3, -0.25) is 0 Å². The van der Waals surface area contributed by atoms with E-state index in [1.54, 1.807) is 24.3 Å². The molecule has 0 unspecified atom stereocenters. The van der Waals surface area contributed by atoms with Crippen LogP contribution in [0.4, 0.5) is 0 Å². The van der Waals surface area contributed by atoms with E-state index in [1.165, 1.54) is 6.08 Å². The number of hydrogen-bond acceptors (Lipinski definition) is 2. The van der Waals surface area contributed by atoms with Gasteiger partial charge in [-0.05, 0) is 24.1 Å². The van der Waals surface area contributed by atoms with Crippen molar-refractivity contribution < 1.29 is 9.53 Å². The topological polar surface area (TPSA) is 26.3 Å². The van der Waals surface area contributed by atoms with Crippen molar-refractivity contribution >= 4 is 35.2 Å². The molecule has 0 aliphatic heterocycles. The molecule has 2 nitrogen and oxygen atoms in total. The van der Waals surface area contributed by atoms with E-state index < -0.39 is 5.97 Å². The number of halogens is 2. The summed E-state index contributed by atoms with van der Waals surface area (Å²) in [5.74, 6) is -0.0778. The van der Waals surface area contributed by atoms with Crippen molar-refractivity contribution in [3.05, 3.63) is 39.9 Å². The molecule has 0 aliphatic carbocycles. The summed E-state index contributed by atoms with van der Waals surface area (Å²) >= 11 is 11.9. The minimum Gasteiger partial charge on any atom is -0.462 e. The van der Waals surface area contributed by atoms with Crippen molar-refractivity contribution in [2.75, 3.05) is 6.61 Å². The van der Waals surface area contributed by atoms with E-state index in [0.717, 1.165) is 0 Å². The zero-order valence-corrected chi connectivity index (χ0v) is 11.3. The lowest BCUT2D eigenvalue weighted by Crippen LogP contribution is -2.06. The molecule has 0 saturated heterocycles. The molecule has 1 aromatic carbocycles. The average Bonchev–Trinajstić information content (AvgIpc) is 2.25. The number of esters is 1. The van der Waals surface area contributed by atoms with E-state index in [1.807, 2.05) is 13.8 Å². The lowest BCUT2D eigenvalue weighted by Gasteiger charge is -2.04. The first kappa shape index (κ1) is 14.1. The van der Waals surface area contributed by atoms with E-state index in [2.05, 4.69) is 0 Å². The van der Waals surface area contributed by atoms with E-state index in [4.69, 9.17) is 27.9 Å². The SMILES string of the molecule is CC(C)COC(=O)/C=C/c1c(Cl)cccc1Cl. The Bertz CT molecular complexity index is 405. The van der Waals surface area contributed by atoms with Gasteiger partial charge < -0.3 is 4.74 Å². The molecule has 4 heteroatoms. The first-order valence-corrected chi connectivity index (χ1v) is 6.05. The molecule has 92 valence electrons. The number of carbonyl (C=O) groups excluding carboxylic acids is 1. The van der Waals surface area contributed by atoms with Crippen LogP contribution < -0.4 is 0 Å². The third kappa shape index (κ3) is 4.80. The highest BCUT2D eigenvalue weighted by Crippen LogP contribution is 2.25. The van der Waals surface area contributed by atoms with Crippen molar-refractivity contribution in [2.45, 2.75) is 13.8 Å². The molecule has 0 aliphatic rings. The monoisotopic (exact) mass is 272 g/mol. The van der Waals surface area contributed by atoms with Gasteiger partial charge in [-0.1, -0.05) is 43.1 Å². The summed E-state index contributed by atoms with van der Waals surface area (Å²) in [6.45, 7) is 4.35. The fraction of sp³-hybridized carbons (Fsp3) is 0.308. The fourth-order valence-corrected chi connectivity index (χ4v) is 1.64. The van der Waals surface area contributed by atoms with Crippen molar-refractivity contribution in [1.29, 1.82) is 0 Å². The van der Waals surface area contributed by atoms with Gasteiger partial charge in [0.1, 0.15) is 0 Å². The molecule has 0 saturated carbocycles. The number of ether oxygens (including phenoxy) is 1. The lowest BCUT2D eigenvalue weighted by atomic mass is 10.2. The molecule has 0 spiro atoms. The molecule has 17 heavy (non-hydrogen) atoms. The van der Waals surface area contributed by atoms with E-state index in [-0.39, 0.29) is 0 Å². The third-order valence-corrected chi connectivity index (χ3v) is 2.60. The van der Waals surface area contributed by atoms with Gasteiger partial charge in [0.2, 0.25) is 0 Å². The molecule has 1 aromatic rings. The minimum absolute atomic E-state index is 0.316. The predicted octanol–water partition coefficient (Wildman–Crippen LogP) is 4.21. The van der Waals surface area contributed by atoms with Crippen LogP contribution in [0.2, 0.25) is 10.0 Å². The summed E-state index contributed by atoms with van der Waals surface area (Å²) in [5.41, 5.74) is 0.623. The Balaban J connectivity index is 2.67. The molecule has 1 rings (SSSR count). The Labute approximate surface area is 111 Å². The Morgan fingerprint density at radius 3 is 2.47 bits per heavy atom. The number of rotatable bonds is 4. The Kier molecular flexibility index (Phi) is 5.52. The summed E-state index contributed by atoms with van der Waals surface area (Å²) in [4.78, 5) is 11.3. The van der Waals surface area contributed by atoms with E-state index in [0.29, 0.717) is 28.1 Å². The maximum Gasteiger partial charge on any atom is 0.330 e. The largest absolute Gasteiger partial charge is 0.462 e. The van der Waals surface area contributed by atoms with Crippen LogP contribution in [0, 0.1) is 5.92 Å². The van der Waals surface area contributed by atoms with Gasteiger partial charge in [0.25, 0.3) is 0 Å². The van der Waals surface area contributed by atoms with Gasteiger partial charge >= 0.3 is 5.97 Å². The molecular weight excluding hydrogens is 259 g/mol. The highest BCUT2D eigenvalue weighted by Gasteiger charge is 2.03. The van der Waals surface area contributed by atoms with Crippen LogP contribution in [0.5, 0.6) is 0 Å². The maximum absolute atomic E-state index is 11.3. The average molecular weight is 273 g/mol. The lowest BCUT2D eigenvalue weighted by molar-refractivity contribution is -0.138. The Morgan fingerprint density at radius 1 is 1.35 bits per heavy atom. The van der Waals surface area contributed by atoms with Gasteiger partial charge in [0.15, 0.2) is 0 Å². The van der Waals surface area contributed by atoms with Crippen molar-refractivity contribution in [1.82, 2.24) is 0 Å². The summed E-state index contributed by atoms with van der Waals surface area (Å²) in [5, 5.41) is 1.01. The molecular formula is C13H14Cl2O2. The smallest absolute Gasteiger partial charge is 0.330 e. The second-order valence-corrected chi connectivity index (χ2v) is 4.81. The zero-order chi connectivity index (χ0) is 12.8. The summed E-state index contributed by atoms with van der Waals surface area (Å²) in [6.07, 6.45) is 2.89. The number of hydrogen-bond donors (Lipinski definition) is 0. The van der Waals surface area contributed by atoms with Crippen LogP contribution in [0.15, 0.2) is 24.3 Å². The second kappa shape index (κ2) is 6.67. The molecule has 0 N–H and O–H groups in total. The van der Waals surface area contributed by atoms with Gasteiger partial charge in [-0.25, -0.2) is 4.79 Å². The Hall–Kier alpha value is -0.990. The van der Waals surface area contributed by atoms with E-state index >= 15 is 0 Å². The highest BCUT2D eigenvalue weighted by atomic mass is 35.5. The molecule has 0 bridgehead atoms. The summed E-state index contributed by atoms with van der Waals surface area (Å²) < 4.78 is 4.99. The second-order valence-electron chi connectivity index (χ2n) is 3.99. The summed E-state index contributed by atoms with van der Waals surface area (Å²) in [6, 6.07) is 5.18. The first-order valence-electron chi connectivity index (χ1n) is 5.29. The van der Waals surface area contributed by atoms with Crippen LogP contribution >= 0.6 is 23.2 Å². The van der Waals surface area contributed by atoms with Gasteiger partial charge in [-0.15, -0.1) is 0 Å². The minimum atomic E-state index is -0.394. The number of benzene rings is 1. The molecule has 0 radical (unpaired) electrons. The zero-order valence-electron chi connectivity index (χ0n) is 9.74. The predicted molar refractivity (Wildman–Crippen MR) is 71.3 cm³/mol. The molecule has 0 fully saturated rings. The molecule has 0 heterocycles. The quantitative estimate of drug-likeness (QED) is 0.607. The maximum atomic E-state index is 11.3. The third-order valence-electron chi connectivity index (χ3n) is 1.94. The van der Waals surface area contributed by atoms with Crippen LogP contribution in [-0.4, -0.2) is 12.6 Å². The highest BCUT2D eigenvalue weighted by molar-refractivity contribution is 6.37. The molecule has 0 amide bonds. The first-order chi connectivity index (χ1) is 8.00. The van der Waals surface area contributed by atoms with Crippen LogP contribution in [-0.2, 0) is 9.53 Å². The van der Waals surface area contributed by atoms with E-state index in [9.17, 15) is 4.79 Å². The number of carbonyl (C=O) groups is 1. The summed E-state index contributed by atoms with van der Waals surface area (Å²) in [7, 11) is 0. The Morgan fingerprint density at radius 2 is 1.94 bits per heavy atom. The van der Waals surface area contributed by atoms with Crippen molar-refractivity contribution in [3.8, 4) is 0 Å². The fourth-order valence-electron chi connectivity index (χ4n) is 1.12. The van der Waals surface area contributed by atoms with Crippen molar-refractivity contribution in [2.24, 2.45) is 5.92 Å². The molecule has 0 aromatic heterocycles. The van der Waals surface area contributed by atoms with Gasteiger partial charge in [0.05, 0.1) is 6.61 Å².